The van der Waals surface area contributed by atoms with E-state index in [4.69, 9.17) is 10.5 Å². The van der Waals surface area contributed by atoms with Crippen molar-refractivity contribution >= 4 is 29.0 Å². The highest BCUT2D eigenvalue weighted by molar-refractivity contribution is 7.15. The highest BCUT2D eigenvalue weighted by Crippen LogP contribution is 2.25. The summed E-state index contributed by atoms with van der Waals surface area (Å²) in [6, 6.07) is 11.2. The largest absolute Gasteiger partial charge is 0.444 e. The van der Waals surface area contributed by atoms with Crippen LogP contribution in [0.5, 0.6) is 0 Å². The summed E-state index contributed by atoms with van der Waals surface area (Å²) >= 11 is 1.27. The maximum absolute atomic E-state index is 12.8. The number of benzene rings is 1. The molecule has 3 N–H and O–H groups in total. The van der Waals surface area contributed by atoms with Gasteiger partial charge >= 0.3 is 6.09 Å². The molecule has 0 bridgehead atoms. The van der Waals surface area contributed by atoms with Crippen molar-refractivity contribution < 1.29 is 14.3 Å². The number of nitrogens with zero attached hydrogens (tertiary/aromatic N) is 1. The number of nitrogen functional groups attached to an aromatic ring is 1. The molecule has 1 saturated heterocycles. The average Bonchev–Trinajstić information content (AvgIpc) is 3.07. The van der Waals surface area contributed by atoms with Crippen LogP contribution >= 0.6 is 11.3 Å². The zero-order chi connectivity index (χ0) is 21.7. The number of amides is 2. The number of carbonyl (C=O) groups is 2. The first-order valence-corrected chi connectivity index (χ1v) is 10.8. The highest BCUT2D eigenvalue weighted by atomic mass is 32.1. The van der Waals surface area contributed by atoms with Crippen LogP contribution < -0.4 is 11.1 Å². The van der Waals surface area contributed by atoms with Crippen molar-refractivity contribution in [3.63, 3.8) is 0 Å². The van der Waals surface area contributed by atoms with Crippen LogP contribution in [0.25, 0.3) is 0 Å². The Morgan fingerprint density at radius 1 is 1.23 bits per heavy atom. The second-order valence-electron chi connectivity index (χ2n) is 8.25. The van der Waals surface area contributed by atoms with E-state index in [-0.39, 0.29) is 18.0 Å². The van der Waals surface area contributed by atoms with Crippen LogP contribution in [0, 0.1) is 11.8 Å². The van der Waals surface area contributed by atoms with Crippen LogP contribution in [0.15, 0.2) is 36.4 Å². The van der Waals surface area contributed by atoms with E-state index in [1.165, 1.54) is 11.3 Å². The number of nitrogens with two attached hydrogens (primary N) is 1. The summed E-state index contributed by atoms with van der Waals surface area (Å²) in [5.74, 6) is 5.90. The zero-order valence-corrected chi connectivity index (χ0v) is 18.3. The lowest BCUT2D eigenvalue weighted by Gasteiger charge is -2.34. The minimum Gasteiger partial charge on any atom is -0.444 e. The van der Waals surface area contributed by atoms with Crippen LogP contribution in [0.1, 0.15) is 53.7 Å². The van der Waals surface area contributed by atoms with Crippen LogP contribution in [0.3, 0.4) is 0 Å². The molecular formula is C23H27N3O3S. The van der Waals surface area contributed by atoms with Gasteiger partial charge in [0.05, 0.1) is 10.6 Å². The fourth-order valence-corrected chi connectivity index (χ4v) is 3.97. The Balaban J connectivity index is 1.63. The van der Waals surface area contributed by atoms with E-state index in [1.807, 2.05) is 51.1 Å². The number of piperidine rings is 1. The van der Waals surface area contributed by atoms with Gasteiger partial charge < -0.3 is 20.7 Å². The van der Waals surface area contributed by atoms with Gasteiger partial charge in [-0.25, -0.2) is 4.79 Å². The number of carbonyl (C=O) groups excluding carboxylic acids is 2. The molecule has 7 heteroatoms. The van der Waals surface area contributed by atoms with E-state index in [2.05, 4.69) is 17.2 Å². The van der Waals surface area contributed by atoms with Crippen molar-refractivity contribution in [1.29, 1.82) is 0 Å². The number of hydrogen-bond donors (Lipinski definition) is 2. The summed E-state index contributed by atoms with van der Waals surface area (Å²) in [5, 5.41) is 3.00. The molecule has 2 aromatic rings. The minimum absolute atomic E-state index is 0.140. The second kappa shape index (κ2) is 9.23. The third-order valence-corrected chi connectivity index (χ3v) is 5.54. The minimum atomic E-state index is -0.546. The van der Waals surface area contributed by atoms with Gasteiger partial charge in [0.1, 0.15) is 10.5 Å². The van der Waals surface area contributed by atoms with Crippen molar-refractivity contribution in [2.75, 3.05) is 18.8 Å². The lowest BCUT2D eigenvalue weighted by Crippen LogP contribution is -2.50. The van der Waals surface area contributed by atoms with Crippen molar-refractivity contribution in [3.8, 4) is 11.8 Å². The third-order valence-electron chi connectivity index (χ3n) is 4.48. The molecule has 158 valence electrons. The lowest BCUT2D eigenvalue weighted by atomic mass is 10.1. The van der Waals surface area contributed by atoms with E-state index >= 15 is 0 Å². The molecular weight excluding hydrogens is 398 g/mol. The van der Waals surface area contributed by atoms with Gasteiger partial charge in [0.25, 0.3) is 5.91 Å². The Morgan fingerprint density at radius 3 is 2.67 bits per heavy atom. The standard InChI is InChI=1S/C23H27N3O3S/c1-23(2,3)29-22(28)26-13-7-10-17(15-26)25-21(27)20-19(24)14-18(30-20)12-11-16-8-5-4-6-9-16/h4-6,8-9,14,17H,7,10,13,15,24H2,1-3H3,(H,25,27)/t17-/m0/s1. The summed E-state index contributed by atoms with van der Waals surface area (Å²) in [6.07, 6.45) is 1.25. The summed E-state index contributed by atoms with van der Waals surface area (Å²) < 4.78 is 5.44. The van der Waals surface area contributed by atoms with Crippen molar-refractivity contribution in [2.45, 2.75) is 45.3 Å². The number of rotatable bonds is 2. The number of anilines is 1. The molecule has 1 aromatic heterocycles. The molecule has 1 aromatic carbocycles. The molecule has 3 rings (SSSR count). The SMILES string of the molecule is CC(C)(C)OC(=O)N1CCC[C@H](NC(=O)c2sc(C#Cc3ccccc3)cc2N)C1. The second-order valence-corrected chi connectivity index (χ2v) is 9.30. The monoisotopic (exact) mass is 425 g/mol. The van der Waals surface area contributed by atoms with E-state index < -0.39 is 5.60 Å². The normalized spacial score (nSPS) is 16.4. The van der Waals surface area contributed by atoms with Crippen molar-refractivity contribution in [3.05, 3.63) is 51.7 Å². The molecule has 0 spiro atoms. The topological polar surface area (TPSA) is 84.7 Å². The maximum Gasteiger partial charge on any atom is 0.410 e. The number of ether oxygens (including phenoxy) is 1. The summed E-state index contributed by atoms with van der Waals surface area (Å²) in [6.45, 7) is 6.57. The van der Waals surface area contributed by atoms with Gasteiger partial charge in [-0.3, -0.25) is 4.79 Å². The molecule has 30 heavy (non-hydrogen) atoms. The summed E-state index contributed by atoms with van der Waals surface area (Å²) in [4.78, 5) is 27.9. The molecule has 6 nitrogen and oxygen atoms in total. The van der Waals surface area contributed by atoms with Gasteiger partial charge in [-0.2, -0.15) is 0 Å². The first-order chi connectivity index (χ1) is 14.2. The Morgan fingerprint density at radius 2 is 1.97 bits per heavy atom. The zero-order valence-electron chi connectivity index (χ0n) is 17.5. The fourth-order valence-electron chi connectivity index (χ4n) is 3.14. The van der Waals surface area contributed by atoms with Crippen LogP contribution in [-0.2, 0) is 4.74 Å². The highest BCUT2D eigenvalue weighted by Gasteiger charge is 2.29. The Kier molecular flexibility index (Phi) is 6.68. The number of hydrogen-bond acceptors (Lipinski definition) is 5. The van der Waals surface area contributed by atoms with Crippen LogP contribution in [-0.4, -0.2) is 41.6 Å². The average molecular weight is 426 g/mol. The van der Waals surface area contributed by atoms with Gasteiger partial charge in [0.15, 0.2) is 0 Å². The van der Waals surface area contributed by atoms with Gasteiger partial charge in [0.2, 0.25) is 0 Å². The van der Waals surface area contributed by atoms with Crippen LogP contribution in [0.2, 0.25) is 0 Å². The molecule has 1 fully saturated rings. The molecule has 0 aliphatic carbocycles. The van der Waals surface area contributed by atoms with Gasteiger partial charge in [-0.1, -0.05) is 30.0 Å². The number of nitrogens with one attached hydrogen (secondary N) is 1. The molecule has 2 amide bonds. The summed E-state index contributed by atoms with van der Waals surface area (Å²) in [5.41, 5.74) is 6.83. The predicted molar refractivity (Wildman–Crippen MR) is 119 cm³/mol. The molecule has 1 atom stereocenters. The molecule has 2 heterocycles. The molecule has 1 aliphatic heterocycles. The Bertz CT molecular complexity index is 967. The fraction of sp³-hybridized carbons (Fsp3) is 0.391. The first-order valence-electron chi connectivity index (χ1n) is 9.96. The smallest absolute Gasteiger partial charge is 0.410 e. The third kappa shape index (κ3) is 6.01. The van der Waals surface area contributed by atoms with E-state index in [1.54, 1.807) is 11.0 Å². The molecule has 1 aliphatic rings. The van der Waals surface area contributed by atoms with Gasteiger partial charge in [0, 0.05) is 24.7 Å². The number of likely N-dealkylation sites (tertiary alicyclic amines) is 1. The predicted octanol–water partition coefficient (Wildman–Crippen LogP) is 3.86. The Hall–Kier alpha value is -2.98. The summed E-state index contributed by atoms with van der Waals surface area (Å²) in [7, 11) is 0. The Labute approximate surface area is 181 Å². The van der Waals surface area contributed by atoms with E-state index in [0.29, 0.717) is 23.7 Å². The molecule has 0 radical (unpaired) electrons. The van der Waals surface area contributed by atoms with Gasteiger partial charge in [-0.05, 0) is 51.8 Å². The van der Waals surface area contributed by atoms with E-state index in [9.17, 15) is 9.59 Å². The maximum atomic E-state index is 12.8. The number of thiophene rings is 1. The first kappa shape index (κ1) is 21.7. The van der Waals surface area contributed by atoms with Crippen molar-refractivity contribution in [1.82, 2.24) is 10.2 Å². The molecule has 0 saturated carbocycles. The van der Waals surface area contributed by atoms with Crippen molar-refractivity contribution in [2.24, 2.45) is 0 Å². The van der Waals surface area contributed by atoms with Crippen LogP contribution in [0.4, 0.5) is 10.5 Å². The molecule has 0 unspecified atom stereocenters. The quantitative estimate of drug-likeness (QED) is 0.716. The van der Waals surface area contributed by atoms with Gasteiger partial charge in [-0.15, -0.1) is 11.3 Å². The van der Waals surface area contributed by atoms with E-state index in [0.717, 1.165) is 23.3 Å². The lowest BCUT2D eigenvalue weighted by molar-refractivity contribution is 0.0186.